The first-order valence-corrected chi connectivity index (χ1v) is 12.7. The molecule has 1 amide bonds. The number of carbonyl (C=O) groups excluding carboxylic acids is 1. The smallest absolute Gasteiger partial charge is 0.270 e. The van der Waals surface area contributed by atoms with Gasteiger partial charge in [0, 0.05) is 29.3 Å². The van der Waals surface area contributed by atoms with Crippen LogP contribution in [0.15, 0.2) is 48.8 Å². The molecule has 5 rings (SSSR count). The number of nitrogen functional groups attached to an aromatic ring is 1. The van der Waals surface area contributed by atoms with E-state index in [1.807, 2.05) is 17.7 Å². The van der Waals surface area contributed by atoms with Gasteiger partial charge in [-0.1, -0.05) is 24.1 Å². The van der Waals surface area contributed by atoms with Gasteiger partial charge in [0.25, 0.3) is 11.8 Å². The molecule has 0 atom stereocenters. The van der Waals surface area contributed by atoms with Crippen molar-refractivity contribution in [2.45, 2.75) is 57.6 Å². The molecule has 1 aliphatic rings. The number of nitrogens with one attached hydrogen (secondary N) is 1. The molecule has 4 aromatic rings. The number of aliphatic hydroxyl groups is 1. The first-order valence-electron chi connectivity index (χ1n) is 12.7. The van der Waals surface area contributed by atoms with Crippen LogP contribution in [0.3, 0.4) is 0 Å². The van der Waals surface area contributed by atoms with E-state index < -0.39 is 11.8 Å². The zero-order valence-electron chi connectivity index (χ0n) is 21.6. The van der Waals surface area contributed by atoms with Crippen molar-refractivity contribution in [2.75, 3.05) is 11.1 Å². The van der Waals surface area contributed by atoms with Crippen LogP contribution in [0.4, 0.5) is 20.3 Å². The predicted octanol–water partition coefficient (Wildman–Crippen LogP) is 4.96. The molecular weight excluding hydrogens is 502 g/mol. The maximum absolute atomic E-state index is 13.7. The third kappa shape index (κ3) is 5.59. The van der Waals surface area contributed by atoms with Crippen LogP contribution in [0.1, 0.15) is 71.4 Å². The Labute approximate surface area is 224 Å². The summed E-state index contributed by atoms with van der Waals surface area (Å²) in [5.41, 5.74) is 9.14. The van der Waals surface area contributed by atoms with E-state index in [4.69, 9.17) is 10.8 Å². The van der Waals surface area contributed by atoms with Gasteiger partial charge in [-0.25, -0.2) is 23.4 Å². The first-order chi connectivity index (χ1) is 18.6. The Kier molecular flexibility index (Phi) is 7.02. The minimum atomic E-state index is -3.05. The van der Waals surface area contributed by atoms with Crippen molar-refractivity contribution < 1.29 is 18.7 Å². The fraction of sp³-hybridized carbons (Fsp3) is 0.310. The Morgan fingerprint density at radius 3 is 2.64 bits per heavy atom. The molecule has 2 aromatic carbocycles. The first kappa shape index (κ1) is 26.3. The minimum absolute atomic E-state index is 0.0761. The molecule has 1 aliphatic carbocycles. The van der Waals surface area contributed by atoms with Gasteiger partial charge in [0.05, 0.1) is 17.5 Å². The number of fused-ring (bicyclic) bond motifs is 1. The van der Waals surface area contributed by atoms with Crippen molar-refractivity contribution >= 4 is 28.4 Å². The number of aliphatic hydroxyl groups excluding tert-OH is 1. The van der Waals surface area contributed by atoms with Crippen molar-refractivity contribution in [3.63, 3.8) is 0 Å². The van der Waals surface area contributed by atoms with Crippen LogP contribution in [0.25, 0.3) is 11.0 Å². The van der Waals surface area contributed by atoms with Gasteiger partial charge in [-0.15, -0.1) is 0 Å². The quantitative estimate of drug-likeness (QED) is 0.321. The number of aryl methyl sites for hydroxylation is 1. The molecule has 0 bridgehead atoms. The average molecular weight is 531 g/mol. The number of carbonyl (C=O) groups is 1. The number of benzene rings is 2. The van der Waals surface area contributed by atoms with E-state index in [-0.39, 0.29) is 29.1 Å². The molecule has 200 valence electrons. The summed E-state index contributed by atoms with van der Waals surface area (Å²) in [5, 5.41) is 18.0. The molecule has 8 nitrogen and oxygen atoms in total. The number of hydrogen-bond donors (Lipinski definition) is 3. The van der Waals surface area contributed by atoms with Crippen LogP contribution in [0, 0.1) is 18.8 Å². The maximum atomic E-state index is 13.7. The lowest BCUT2D eigenvalue weighted by Crippen LogP contribution is -2.22. The number of halogens is 2. The van der Waals surface area contributed by atoms with Gasteiger partial charge in [0.15, 0.2) is 5.65 Å². The molecule has 10 heteroatoms. The second-order valence-corrected chi connectivity index (χ2v) is 9.92. The summed E-state index contributed by atoms with van der Waals surface area (Å²) in [6.45, 7) is 2.68. The summed E-state index contributed by atoms with van der Waals surface area (Å²) >= 11 is 0. The van der Waals surface area contributed by atoms with E-state index in [0.29, 0.717) is 40.8 Å². The highest BCUT2D eigenvalue weighted by Gasteiger charge is 2.26. The Hall–Kier alpha value is -4.36. The normalized spacial score (nSPS) is 17.5. The van der Waals surface area contributed by atoms with Crippen LogP contribution in [-0.2, 0) is 5.92 Å². The Morgan fingerprint density at radius 2 is 1.90 bits per heavy atom. The topological polar surface area (TPSA) is 119 Å². The van der Waals surface area contributed by atoms with Gasteiger partial charge in [-0.05, 0) is 68.4 Å². The Bertz CT molecular complexity index is 1610. The van der Waals surface area contributed by atoms with Crippen molar-refractivity contribution in [3.8, 4) is 11.8 Å². The van der Waals surface area contributed by atoms with Gasteiger partial charge >= 0.3 is 0 Å². The maximum Gasteiger partial charge on any atom is 0.270 e. The molecule has 0 spiro atoms. The lowest BCUT2D eigenvalue weighted by Gasteiger charge is -2.25. The van der Waals surface area contributed by atoms with Crippen molar-refractivity contribution in [3.05, 3.63) is 76.7 Å². The molecule has 0 aliphatic heterocycles. The molecule has 0 unspecified atom stereocenters. The molecule has 1 saturated carbocycles. The SMILES string of the molecule is Cc1ccc(NC(=O)c2cccc(C(C)(F)F)c2)cc1C#Cc1nn([C@H]2CC[C@@H](O)CC2)c2ncnc(N)c12. The van der Waals surface area contributed by atoms with Gasteiger partial charge in [-0.3, -0.25) is 4.79 Å². The lowest BCUT2D eigenvalue weighted by atomic mass is 9.93. The molecular formula is C29H28F2N6O2. The lowest BCUT2D eigenvalue weighted by molar-refractivity contribution is 0.0174. The molecule has 0 radical (unpaired) electrons. The van der Waals surface area contributed by atoms with Crippen LogP contribution in [-0.4, -0.2) is 36.9 Å². The van der Waals surface area contributed by atoms with Crippen molar-refractivity contribution in [2.24, 2.45) is 0 Å². The summed E-state index contributed by atoms with van der Waals surface area (Å²) in [6, 6.07) is 10.7. The average Bonchev–Trinajstić information content (AvgIpc) is 3.29. The molecule has 0 saturated heterocycles. The fourth-order valence-electron chi connectivity index (χ4n) is 4.74. The molecule has 39 heavy (non-hydrogen) atoms. The van der Waals surface area contributed by atoms with Gasteiger partial charge in [-0.2, -0.15) is 5.10 Å². The summed E-state index contributed by atoms with van der Waals surface area (Å²) < 4.78 is 29.3. The monoisotopic (exact) mass is 530 g/mol. The molecule has 1 fully saturated rings. The number of nitrogens with two attached hydrogens (primary N) is 1. The second kappa shape index (κ2) is 10.4. The van der Waals surface area contributed by atoms with Crippen LogP contribution in [0.2, 0.25) is 0 Å². The highest BCUT2D eigenvalue weighted by molar-refractivity contribution is 6.04. The van der Waals surface area contributed by atoms with Gasteiger partial charge < -0.3 is 16.2 Å². The highest BCUT2D eigenvalue weighted by Crippen LogP contribution is 2.32. The number of hydrogen-bond acceptors (Lipinski definition) is 6. The summed E-state index contributed by atoms with van der Waals surface area (Å²) in [6.07, 6.45) is 4.03. The molecule has 2 aromatic heterocycles. The largest absolute Gasteiger partial charge is 0.393 e. The Morgan fingerprint density at radius 1 is 1.13 bits per heavy atom. The van der Waals surface area contributed by atoms with Crippen molar-refractivity contribution in [1.29, 1.82) is 0 Å². The van der Waals surface area contributed by atoms with Crippen LogP contribution < -0.4 is 11.1 Å². The predicted molar refractivity (Wildman–Crippen MR) is 144 cm³/mol. The Balaban J connectivity index is 1.44. The highest BCUT2D eigenvalue weighted by atomic mass is 19.3. The van der Waals surface area contributed by atoms with Crippen LogP contribution in [0.5, 0.6) is 0 Å². The van der Waals surface area contributed by atoms with Crippen LogP contribution >= 0.6 is 0 Å². The minimum Gasteiger partial charge on any atom is -0.393 e. The zero-order valence-corrected chi connectivity index (χ0v) is 21.6. The standard InChI is InChI=1S/C29H28F2N6O2/c1-17-6-8-21(35-28(39)19-4-3-5-20(14-19)29(2,30)31)15-18(17)7-13-24-25-26(32)33-16-34-27(25)37(36-24)22-9-11-23(38)12-10-22/h3-6,8,14-16,22-23,38H,9-12H2,1-2H3,(H,35,39)(H2,32,33,34)/t22-,23+. The van der Waals surface area contributed by atoms with E-state index in [0.717, 1.165) is 25.3 Å². The van der Waals surface area contributed by atoms with Gasteiger partial charge in [0.2, 0.25) is 0 Å². The summed E-state index contributed by atoms with van der Waals surface area (Å²) in [4.78, 5) is 21.3. The molecule has 2 heterocycles. The van der Waals surface area contributed by atoms with E-state index >= 15 is 0 Å². The van der Waals surface area contributed by atoms with E-state index in [1.54, 1.807) is 12.1 Å². The fourth-order valence-corrected chi connectivity index (χ4v) is 4.74. The van der Waals surface area contributed by atoms with E-state index in [2.05, 4.69) is 27.1 Å². The third-order valence-electron chi connectivity index (χ3n) is 6.97. The number of aromatic nitrogens is 4. The summed E-state index contributed by atoms with van der Waals surface area (Å²) in [7, 11) is 0. The second-order valence-electron chi connectivity index (χ2n) is 9.92. The number of nitrogens with zero attached hydrogens (tertiary/aromatic N) is 4. The third-order valence-corrected chi connectivity index (χ3v) is 6.97. The zero-order chi connectivity index (χ0) is 27.7. The number of amides is 1. The van der Waals surface area contributed by atoms with E-state index in [9.17, 15) is 18.7 Å². The number of alkyl halides is 2. The molecule has 4 N–H and O–H groups in total. The van der Waals surface area contributed by atoms with Gasteiger partial charge in [0.1, 0.15) is 17.8 Å². The van der Waals surface area contributed by atoms with E-state index in [1.165, 1.54) is 30.6 Å². The number of rotatable bonds is 4. The van der Waals surface area contributed by atoms with Crippen molar-refractivity contribution in [1.82, 2.24) is 19.7 Å². The summed E-state index contributed by atoms with van der Waals surface area (Å²) in [5.74, 6) is 2.96. The number of anilines is 2.